The molecule has 0 aromatic carbocycles. The average molecular weight is 314 g/mol. The van der Waals surface area contributed by atoms with Crippen molar-refractivity contribution in [1.82, 2.24) is 24.7 Å². The van der Waals surface area contributed by atoms with E-state index in [4.69, 9.17) is 0 Å². The van der Waals surface area contributed by atoms with E-state index in [2.05, 4.69) is 25.4 Å². The monoisotopic (exact) mass is 314 g/mol. The van der Waals surface area contributed by atoms with Gasteiger partial charge in [-0.15, -0.1) is 11.3 Å². The van der Waals surface area contributed by atoms with Crippen LogP contribution in [-0.2, 0) is 0 Å². The van der Waals surface area contributed by atoms with Crippen molar-refractivity contribution in [3.63, 3.8) is 0 Å². The SMILES string of the molecule is CC(C)n1cc(NC(=O)c2csc(-c3ncccn3)n2)cn1. The molecule has 0 radical (unpaired) electrons. The Morgan fingerprint density at radius 2 is 2.09 bits per heavy atom. The molecule has 0 aliphatic heterocycles. The molecular formula is C14H14N6OS. The second-order valence-electron chi connectivity index (χ2n) is 4.87. The van der Waals surface area contributed by atoms with Crippen molar-refractivity contribution in [2.45, 2.75) is 19.9 Å². The molecule has 0 saturated carbocycles. The zero-order chi connectivity index (χ0) is 15.5. The lowest BCUT2D eigenvalue weighted by Gasteiger charge is -2.03. The van der Waals surface area contributed by atoms with E-state index in [1.165, 1.54) is 11.3 Å². The molecule has 3 heterocycles. The molecule has 7 nitrogen and oxygen atoms in total. The van der Waals surface area contributed by atoms with Gasteiger partial charge in [0.25, 0.3) is 5.91 Å². The Morgan fingerprint density at radius 1 is 1.32 bits per heavy atom. The minimum atomic E-state index is -0.276. The van der Waals surface area contributed by atoms with E-state index in [0.717, 1.165) is 0 Å². The van der Waals surface area contributed by atoms with Crippen molar-refractivity contribution in [2.24, 2.45) is 0 Å². The van der Waals surface area contributed by atoms with Gasteiger partial charge in [-0.1, -0.05) is 0 Å². The number of hydrogen-bond donors (Lipinski definition) is 1. The van der Waals surface area contributed by atoms with Crippen molar-refractivity contribution in [3.8, 4) is 10.8 Å². The van der Waals surface area contributed by atoms with Crippen LogP contribution in [0.25, 0.3) is 10.8 Å². The van der Waals surface area contributed by atoms with Crippen LogP contribution in [0.1, 0.15) is 30.4 Å². The van der Waals surface area contributed by atoms with Crippen LogP contribution in [0.4, 0.5) is 5.69 Å². The fourth-order valence-electron chi connectivity index (χ4n) is 1.77. The number of nitrogens with zero attached hydrogens (tertiary/aromatic N) is 5. The van der Waals surface area contributed by atoms with Gasteiger partial charge in [0.05, 0.1) is 11.9 Å². The molecule has 0 aliphatic rings. The molecule has 0 atom stereocenters. The Labute approximate surface area is 131 Å². The van der Waals surface area contributed by atoms with Crippen LogP contribution in [0.3, 0.4) is 0 Å². The first-order valence-electron chi connectivity index (χ1n) is 6.72. The third-order valence-electron chi connectivity index (χ3n) is 2.88. The minimum Gasteiger partial charge on any atom is -0.318 e. The third kappa shape index (κ3) is 3.01. The van der Waals surface area contributed by atoms with Gasteiger partial charge in [0, 0.05) is 30.0 Å². The van der Waals surface area contributed by atoms with E-state index < -0.39 is 0 Å². The molecule has 3 aromatic rings. The van der Waals surface area contributed by atoms with Gasteiger partial charge in [0.15, 0.2) is 10.8 Å². The maximum absolute atomic E-state index is 12.2. The summed E-state index contributed by atoms with van der Waals surface area (Å²) < 4.78 is 1.78. The van der Waals surface area contributed by atoms with Gasteiger partial charge in [-0.2, -0.15) is 5.10 Å². The van der Waals surface area contributed by atoms with Gasteiger partial charge in [0.2, 0.25) is 0 Å². The number of carbonyl (C=O) groups excluding carboxylic acids is 1. The van der Waals surface area contributed by atoms with E-state index in [0.29, 0.717) is 22.2 Å². The maximum atomic E-state index is 12.2. The summed E-state index contributed by atoms with van der Waals surface area (Å²) in [6.07, 6.45) is 6.69. The number of anilines is 1. The van der Waals surface area contributed by atoms with E-state index in [-0.39, 0.29) is 11.9 Å². The zero-order valence-electron chi connectivity index (χ0n) is 12.1. The van der Waals surface area contributed by atoms with Crippen molar-refractivity contribution in [3.05, 3.63) is 41.9 Å². The number of amides is 1. The Kier molecular flexibility index (Phi) is 3.92. The molecule has 3 rings (SSSR count). The van der Waals surface area contributed by atoms with Crippen LogP contribution in [-0.4, -0.2) is 30.6 Å². The topological polar surface area (TPSA) is 85.6 Å². The minimum absolute atomic E-state index is 0.242. The van der Waals surface area contributed by atoms with E-state index >= 15 is 0 Å². The summed E-state index contributed by atoms with van der Waals surface area (Å²) in [6.45, 7) is 4.04. The molecule has 0 spiro atoms. The van der Waals surface area contributed by atoms with Gasteiger partial charge in [-0.3, -0.25) is 9.48 Å². The van der Waals surface area contributed by atoms with Crippen molar-refractivity contribution >= 4 is 22.9 Å². The van der Waals surface area contributed by atoms with Crippen LogP contribution in [0.2, 0.25) is 0 Å². The number of aromatic nitrogens is 5. The number of nitrogens with one attached hydrogen (secondary N) is 1. The van der Waals surface area contributed by atoms with Gasteiger partial charge in [-0.25, -0.2) is 15.0 Å². The van der Waals surface area contributed by atoms with Crippen molar-refractivity contribution in [1.29, 1.82) is 0 Å². The van der Waals surface area contributed by atoms with Crippen LogP contribution < -0.4 is 5.32 Å². The molecule has 1 N–H and O–H groups in total. The number of carbonyl (C=O) groups is 1. The van der Waals surface area contributed by atoms with E-state index in [9.17, 15) is 4.79 Å². The van der Waals surface area contributed by atoms with Crippen molar-refractivity contribution in [2.75, 3.05) is 5.32 Å². The highest BCUT2D eigenvalue weighted by molar-refractivity contribution is 7.13. The Morgan fingerprint density at radius 3 is 2.77 bits per heavy atom. The lowest BCUT2D eigenvalue weighted by atomic mass is 10.4. The number of hydrogen-bond acceptors (Lipinski definition) is 6. The van der Waals surface area contributed by atoms with Gasteiger partial charge < -0.3 is 5.32 Å². The standard InChI is InChI=1S/C14H14N6OS/c1-9(2)20-7-10(6-17-20)18-13(21)11-8-22-14(19-11)12-15-4-3-5-16-12/h3-9H,1-2H3,(H,18,21). The highest BCUT2D eigenvalue weighted by atomic mass is 32.1. The lowest BCUT2D eigenvalue weighted by molar-refractivity contribution is 0.102. The molecule has 3 aromatic heterocycles. The second-order valence-corrected chi connectivity index (χ2v) is 5.73. The fourth-order valence-corrected chi connectivity index (χ4v) is 2.52. The summed E-state index contributed by atoms with van der Waals surface area (Å²) in [5.41, 5.74) is 0.981. The largest absolute Gasteiger partial charge is 0.318 e. The highest BCUT2D eigenvalue weighted by Crippen LogP contribution is 2.20. The molecular weight excluding hydrogens is 300 g/mol. The molecule has 0 fully saturated rings. The molecule has 112 valence electrons. The summed E-state index contributed by atoms with van der Waals surface area (Å²) in [4.78, 5) is 24.7. The highest BCUT2D eigenvalue weighted by Gasteiger charge is 2.14. The van der Waals surface area contributed by atoms with Crippen LogP contribution >= 0.6 is 11.3 Å². The summed E-state index contributed by atoms with van der Waals surface area (Å²) in [7, 11) is 0. The van der Waals surface area contributed by atoms with Crippen molar-refractivity contribution < 1.29 is 4.79 Å². The lowest BCUT2D eigenvalue weighted by Crippen LogP contribution is -2.12. The normalized spacial score (nSPS) is 10.9. The Bertz CT molecular complexity index is 779. The summed E-state index contributed by atoms with van der Waals surface area (Å²) in [5.74, 6) is 0.237. The first-order chi connectivity index (χ1) is 10.6. The predicted octanol–water partition coefficient (Wildman–Crippen LogP) is 2.63. The molecule has 22 heavy (non-hydrogen) atoms. The maximum Gasteiger partial charge on any atom is 0.275 e. The van der Waals surface area contributed by atoms with Crippen LogP contribution in [0.15, 0.2) is 36.2 Å². The van der Waals surface area contributed by atoms with E-state index in [1.54, 1.807) is 40.9 Å². The molecule has 8 heteroatoms. The predicted molar refractivity (Wildman–Crippen MR) is 83.7 cm³/mol. The molecule has 1 amide bonds. The fraction of sp³-hybridized carbons (Fsp3) is 0.214. The Hall–Kier alpha value is -2.61. The molecule has 0 saturated heterocycles. The van der Waals surface area contributed by atoms with Gasteiger partial charge in [0.1, 0.15) is 5.69 Å². The number of rotatable bonds is 4. The summed E-state index contributed by atoms with van der Waals surface area (Å²) in [5, 5.41) is 9.26. The first-order valence-corrected chi connectivity index (χ1v) is 7.60. The summed E-state index contributed by atoms with van der Waals surface area (Å²) in [6, 6.07) is 1.98. The second kappa shape index (κ2) is 6.02. The average Bonchev–Trinajstić information content (AvgIpc) is 3.17. The number of thiazole rings is 1. The first kappa shape index (κ1) is 14.3. The Balaban J connectivity index is 1.74. The zero-order valence-corrected chi connectivity index (χ0v) is 12.9. The third-order valence-corrected chi connectivity index (χ3v) is 3.72. The van der Waals surface area contributed by atoms with Gasteiger partial charge >= 0.3 is 0 Å². The molecule has 0 aliphatic carbocycles. The molecule has 0 bridgehead atoms. The van der Waals surface area contributed by atoms with Crippen LogP contribution in [0.5, 0.6) is 0 Å². The smallest absolute Gasteiger partial charge is 0.275 e. The van der Waals surface area contributed by atoms with Crippen LogP contribution in [0, 0.1) is 0 Å². The molecule has 0 unspecified atom stereocenters. The van der Waals surface area contributed by atoms with E-state index in [1.807, 2.05) is 13.8 Å². The van der Waals surface area contributed by atoms with Gasteiger partial charge in [-0.05, 0) is 19.9 Å². The quantitative estimate of drug-likeness (QED) is 0.800. The summed E-state index contributed by atoms with van der Waals surface area (Å²) >= 11 is 1.33.